The maximum absolute atomic E-state index is 5.34. The first kappa shape index (κ1) is 5.48. The molecule has 2 aliphatic rings. The third kappa shape index (κ3) is 0.897. The van der Waals surface area contributed by atoms with Crippen LogP contribution in [-0.2, 0) is 4.74 Å². The Balaban J connectivity index is 2.03. The molecule has 1 fully saturated rings. The molecule has 0 aromatic carbocycles. The molecule has 1 nitrogen and oxygen atoms in total. The zero-order valence-electron chi connectivity index (χ0n) is 5.55. The molecular weight excluding hydrogens is 112 g/mol. The molecular formula is C8H12O. The van der Waals surface area contributed by atoms with Crippen molar-refractivity contribution in [2.24, 2.45) is 11.8 Å². The number of ether oxygens (including phenoxy) is 1. The number of allylic oxidation sites excluding steroid dienone is 2. The van der Waals surface area contributed by atoms with E-state index in [1.165, 1.54) is 12.8 Å². The minimum absolute atomic E-state index is 0.832. The van der Waals surface area contributed by atoms with Crippen LogP contribution < -0.4 is 0 Å². The van der Waals surface area contributed by atoms with E-state index in [1.807, 2.05) is 0 Å². The average Bonchev–Trinajstić information content (AvgIpc) is 2.33. The van der Waals surface area contributed by atoms with E-state index in [2.05, 4.69) is 12.2 Å². The summed E-state index contributed by atoms with van der Waals surface area (Å²) in [4.78, 5) is 0. The molecule has 1 heteroatoms. The molecule has 0 aromatic rings. The average molecular weight is 124 g/mol. The second-order valence-electron chi connectivity index (χ2n) is 2.95. The first-order valence-electron chi connectivity index (χ1n) is 3.71. The number of hydrogen-bond acceptors (Lipinski definition) is 1. The monoisotopic (exact) mass is 124 g/mol. The number of fused-ring (bicyclic) bond motifs is 1. The fraction of sp³-hybridized carbons (Fsp3) is 0.750. The maximum Gasteiger partial charge on any atom is 0.0502 e. The predicted octanol–water partition coefficient (Wildman–Crippen LogP) is 1.60. The summed E-state index contributed by atoms with van der Waals surface area (Å²) in [7, 11) is 0. The van der Waals surface area contributed by atoms with Crippen molar-refractivity contribution >= 4 is 0 Å². The summed E-state index contributed by atoms with van der Waals surface area (Å²) >= 11 is 0. The Hall–Kier alpha value is -0.300. The Morgan fingerprint density at radius 1 is 1.44 bits per heavy atom. The topological polar surface area (TPSA) is 9.23 Å². The van der Waals surface area contributed by atoms with Crippen molar-refractivity contribution in [1.29, 1.82) is 0 Å². The Morgan fingerprint density at radius 2 is 2.44 bits per heavy atom. The first-order chi connectivity index (χ1) is 4.47. The molecule has 2 atom stereocenters. The van der Waals surface area contributed by atoms with Crippen LogP contribution in [0.3, 0.4) is 0 Å². The fourth-order valence-corrected chi connectivity index (χ4v) is 1.74. The van der Waals surface area contributed by atoms with Crippen LogP contribution in [0, 0.1) is 11.8 Å². The van der Waals surface area contributed by atoms with E-state index in [0.717, 1.165) is 25.0 Å². The zero-order chi connectivity index (χ0) is 6.10. The summed E-state index contributed by atoms with van der Waals surface area (Å²) in [6.07, 6.45) is 7.16. The molecule has 9 heavy (non-hydrogen) atoms. The minimum atomic E-state index is 0.832. The van der Waals surface area contributed by atoms with E-state index in [9.17, 15) is 0 Å². The highest BCUT2D eigenvalue weighted by atomic mass is 16.5. The molecule has 1 aliphatic heterocycles. The largest absolute Gasteiger partial charge is 0.381 e. The normalized spacial score (nSPS) is 40.9. The minimum Gasteiger partial charge on any atom is -0.381 e. The van der Waals surface area contributed by atoms with Crippen molar-refractivity contribution in [1.82, 2.24) is 0 Å². The van der Waals surface area contributed by atoms with Crippen molar-refractivity contribution in [3.8, 4) is 0 Å². The van der Waals surface area contributed by atoms with Crippen LogP contribution in [0.15, 0.2) is 12.2 Å². The van der Waals surface area contributed by atoms with Crippen LogP contribution in [0.2, 0.25) is 0 Å². The van der Waals surface area contributed by atoms with Gasteiger partial charge in [-0.25, -0.2) is 0 Å². The van der Waals surface area contributed by atoms with Gasteiger partial charge in [-0.15, -0.1) is 0 Å². The van der Waals surface area contributed by atoms with Crippen molar-refractivity contribution in [2.45, 2.75) is 12.8 Å². The summed E-state index contributed by atoms with van der Waals surface area (Å²) < 4.78 is 5.34. The van der Waals surface area contributed by atoms with E-state index >= 15 is 0 Å². The van der Waals surface area contributed by atoms with Gasteiger partial charge in [0.25, 0.3) is 0 Å². The van der Waals surface area contributed by atoms with E-state index < -0.39 is 0 Å². The van der Waals surface area contributed by atoms with Gasteiger partial charge in [0.1, 0.15) is 0 Å². The predicted molar refractivity (Wildman–Crippen MR) is 36.2 cm³/mol. The van der Waals surface area contributed by atoms with Gasteiger partial charge in [0.2, 0.25) is 0 Å². The van der Waals surface area contributed by atoms with Gasteiger partial charge in [-0.2, -0.15) is 0 Å². The van der Waals surface area contributed by atoms with Gasteiger partial charge in [0.05, 0.1) is 6.61 Å². The molecule has 1 saturated heterocycles. The Morgan fingerprint density at radius 3 is 3.33 bits per heavy atom. The second-order valence-corrected chi connectivity index (χ2v) is 2.95. The molecule has 0 bridgehead atoms. The lowest BCUT2D eigenvalue weighted by Crippen LogP contribution is -2.22. The van der Waals surface area contributed by atoms with Crippen LogP contribution in [0.5, 0.6) is 0 Å². The first-order valence-corrected chi connectivity index (χ1v) is 3.71. The van der Waals surface area contributed by atoms with Gasteiger partial charge < -0.3 is 4.74 Å². The summed E-state index contributed by atoms with van der Waals surface area (Å²) in [5, 5.41) is 0. The summed E-state index contributed by atoms with van der Waals surface area (Å²) in [5.41, 5.74) is 0. The Labute approximate surface area is 55.7 Å². The SMILES string of the molecule is C1=CC2CCOCC2C1. The Kier molecular flexibility index (Phi) is 1.31. The molecule has 0 N–H and O–H groups in total. The van der Waals surface area contributed by atoms with E-state index in [0.29, 0.717) is 0 Å². The van der Waals surface area contributed by atoms with E-state index in [4.69, 9.17) is 4.74 Å². The van der Waals surface area contributed by atoms with Crippen molar-refractivity contribution in [3.63, 3.8) is 0 Å². The molecule has 2 unspecified atom stereocenters. The Bertz CT molecular complexity index is 129. The van der Waals surface area contributed by atoms with Crippen molar-refractivity contribution in [2.75, 3.05) is 13.2 Å². The summed E-state index contributed by atoms with van der Waals surface area (Å²) in [6.45, 7) is 1.98. The highest BCUT2D eigenvalue weighted by Gasteiger charge is 2.25. The lowest BCUT2D eigenvalue weighted by molar-refractivity contribution is 0.0377. The summed E-state index contributed by atoms with van der Waals surface area (Å²) in [5.74, 6) is 1.69. The van der Waals surface area contributed by atoms with Gasteiger partial charge in [-0.05, 0) is 24.7 Å². The van der Waals surface area contributed by atoms with Crippen LogP contribution in [0.25, 0.3) is 0 Å². The molecule has 1 heterocycles. The summed E-state index contributed by atoms with van der Waals surface area (Å²) in [6, 6.07) is 0. The van der Waals surface area contributed by atoms with Gasteiger partial charge in [-0.3, -0.25) is 0 Å². The van der Waals surface area contributed by atoms with Crippen molar-refractivity contribution < 1.29 is 4.74 Å². The third-order valence-electron chi connectivity index (χ3n) is 2.36. The lowest BCUT2D eigenvalue weighted by Gasteiger charge is -2.24. The van der Waals surface area contributed by atoms with E-state index in [1.54, 1.807) is 0 Å². The molecule has 0 saturated carbocycles. The van der Waals surface area contributed by atoms with Gasteiger partial charge in [0, 0.05) is 6.61 Å². The van der Waals surface area contributed by atoms with Crippen LogP contribution >= 0.6 is 0 Å². The zero-order valence-corrected chi connectivity index (χ0v) is 5.55. The second kappa shape index (κ2) is 2.14. The molecule has 50 valence electrons. The molecule has 0 amide bonds. The highest BCUT2D eigenvalue weighted by Crippen LogP contribution is 2.30. The third-order valence-corrected chi connectivity index (χ3v) is 2.36. The molecule has 0 aromatic heterocycles. The lowest BCUT2D eigenvalue weighted by atomic mass is 9.92. The van der Waals surface area contributed by atoms with E-state index in [-0.39, 0.29) is 0 Å². The fourth-order valence-electron chi connectivity index (χ4n) is 1.74. The molecule has 1 aliphatic carbocycles. The maximum atomic E-state index is 5.34. The quantitative estimate of drug-likeness (QED) is 0.446. The molecule has 0 spiro atoms. The van der Waals surface area contributed by atoms with Gasteiger partial charge in [-0.1, -0.05) is 12.2 Å². The van der Waals surface area contributed by atoms with Gasteiger partial charge in [0.15, 0.2) is 0 Å². The number of hydrogen-bond donors (Lipinski definition) is 0. The van der Waals surface area contributed by atoms with Crippen LogP contribution in [0.4, 0.5) is 0 Å². The standard InChI is InChI=1S/C8H12O/c1-2-7-4-5-9-6-8(7)3-1/h1-2,7-8H,3-6H2. The van der Waals surface area contributed by atoms with Crippen molar-refractivity contribution in [3.05, 3.63) is 12.2 Å². The highest BCUT2D eigenvalue weighted by molar-refractivity contribution is 5.01. The molecule has 2 rings (SSSR count). The van der Waals surface area contributed by atoms with Crippen LogP contribution in [0.1, 0.15) is 12.8 Å². The number of rotatable bonds is 0. The molecule has 0 radical (unpaired) electrons. The smallest absolute Gasteiger partial charge is 0.0502 e. The van der Waals surface area contributed by atoms with Gasteiger partial charge >= 0.3 is 0 Å². The van der Waals surface area contributed by atoms with Crippen LogP contribution in [-0.4, -0.2) is 13.2 Å².